The summed E-state index contributed by atoms with van der Waals surface area (Å²) in [6.45, 7) is 3.07. The van der Waals surface area contributed by atoms with Crippen molar-refractivity contribution in [1.29, 1.82) is 0 Å². The fourth-order valence-corrected chi connectivity index (χ4v) is 4.26. The number of nitrogens with one attached hydrogen (secondary N) is 1. The molecule has 1 N–H and O–H groups in total. The number of nitrogens with zero attached hydrogens (tertiary/aromatic N) is 3. The van der Waals surface area contributed by atoms with Gasteiger partial charge in [0.1, 0.15) is 17.7 Å². The molecule has 2 amide bonds. The van der Waals surface area contributed by atoms with Crippen molar-refractivity contribution >= 4 is 29.6 Å². The molecule has 0 unspecified atom stereocenters. The first-order valence-electron chi connectivity index (χ1n) is 11.5. The summed E-state index contributed by atoms with van der Waals surface area (Å²) < 4.78 is 35.2. The second-order valence-corrected chi connectivity index (χ2v) is 8.59. The Morgan fingerprint density at radius 1 is 1.23 bits per heavy atom. The van der Waals surface area contributed by atoms with E-state index in [-0.39, 0.29) is 24.6 Å². The summed E-state index contributed by atoms with van der Waals surface area (Å²) in [7, 11) is 1.75. The predicted octanol–water partition coefficient (Wildman–Crippen LogP) is 4.32. The minimum Gasteiger partial charge on any atom is -0.442 e. The van der Waals surface area contributed by atoms with Crippen LogP contribution < -0.4 is 15.1 Å². The van der Waals surface area contributed by atoms with Gasteiger partial charge in [-0.3, -0.25) is 9.69 Å². The Balaban J connectivity index is 1.46. The lowest BCUT2D eigenvalue weighted by Crippen LogP contribution is -2.33. The monoisotopic (exact) mass is 482 g/mol. The van der Waals surface area contributed by atoms with Crippen LogP contribution in [0.5, 0.6) is 0 Å². The van der Waals surface area contributed by atoms with Crippen molar-refractivity contribution in [3.05, 3.63) is 59.7 Å². The van der Waals surface area contributed by atoms with Crippen LogP contribution in [0, 0.1) is 11.6 Å². The van der Waals surface area contributed by atoms with Crippen LogP contribution >= 0.6 is 0 Å². The van der Waals surface area contributed by atoms with Gasteiger partial charge in [0.05, 0.1) is 24.5 Å². The first-order valence-corrected chi connectivity index (χ1v) is 11.5. The van der Waals surface area contributed by atoms with Gasteiger partial charge in [-0.15, -0.1) is 0 Å². The second-order valence-electron chi connectivity index (χ2n) is 8.59. The molecule has 0 saturated carbocycles. The highest BCUT2D eigenvalue weighted by atomic mass is 19.1. The Morgan fingerprint density at radius 2 is 2.06 bits per heavy atom. The zero-order chi connectivity index (χ0) is 24.9. The van der Waals surface area contributed by atoms with Gasteiger partial charge in [0.2, 0.25) is 5.91 Å². The Labute approximate surface area is 203 Å². The van der Waals surface area contributed by atoms with Gasteiger partial charge in [-0.25, -0.2) is 13.6 Å². The van der Waals surface area contributed by atoms with Crippen LogP contribution in [0.25, 0.3) is 11.1 Å². The highest BCUT2D eigenvalue weighted by Gasteiger charge is 2.32. The lowest BCUT2D eigenvalue weighted by molar-refractivity contribution is -0.119. The van der Waals surface area contributed by atoms with Crippen LogP contribution in [0.15, 0.2) is 53.0 Å². The van der Waals surface area contributed by atoms with Crippen LogP contribution in [-0.2, 0) is 9.53 Å². The molecular weight excluding hydrogens is 454 g/mol. The minimum absolute atomic E-state index is 0.185. The summed E-state index contributed by atoms with van der Waals surface area (Å²) in [5, 5.41) is 2.60. The first kappa shape index (κ1) is 24.4. The van der Waals surface area contributed by atoms with Gasteiger partial charge in [-0.2, -0.15) is 0 Å². The molecule has 2 aliphatic heterocycles. The van der Waals surface area contributed by atoms with Crippen LogP contribution in [-0.4, -0.2) is 57.5 Å². The third-order valence-corrected chi connectivity index (χ3v) is 6.16. The molecule has 1 saturated heterocycles. The average molecular weight is 483 g/mol. The Kier molecular flexibility index (Phi) is 7.43. The van der Waals surface area contributed by atoms with Gasteiger partial charge in [0, 0.05) is 45.3 Å². The third kappa shape index (κ3) is 5.67. The molecule has 2 aromatic carbocycles. The summed E-state index contributed by atoms with van der Waals surface area (Å²) in [5.74, 6) is -1.21. The lowest BCUT2D eigenvalue weighted by atomic mass is 10.0. The van der Waals surface area contributed by atoms with Crippen LogP contribution in [0.1, 0.15) is 19.8 Å². The number of halogens is 2. The highest BCUT2D eigenvalue weighted by molar-refractivity contribution is 5.90. The number of anilines is 2. The Hall–Kier alpha value is -3.75. The summed E-state index contributed by atoms with van der Waals surface area (Å²) in [6, 6.07) is 9.08. The van der Waals surface area contributed by atoms with Crippen molar-refractivity contribution in [2.75, 3.05) is 43.0 Å². The zero-order valence-corrected chi connectivity index (χ0v) is 19.8. The summed E-state index contributed by atoms with van der Waals surface area (Å²) in [6.07, 6.45) is 4.49. The molecular formula is C26H28F2N4O3. The summed E-state index contributed by atoms with van der Waals surface area (Å²) >= 11 is 0. The molecule has 1 atom stereocenters. The van der Waals surface area contributed by atoms with Crippen molar-refractivity contribution in [1.82, 2.24) is 5.32 Å². The molecule has 2 aliphatic rings. The Morgan fingerprint density at radius 3 is 2.71 bits per heavy atom. The van der Waals surface area contributed by atoms with E-state index in [1.54, 1.807) is 25.2 Å². The smallest absolute Gasteiger partial charge is 0.414 e. The first-order chi connectivity index (χ1) is 16.9. The maximum atomic E-state index is 15.0. The van der Waals surface area contributed by atoms with E-state index in [0.717, 1.165) is 12.8 Å². The molecule has 9 heteroatoms. The molecule has 0 spiro atoms. The van der Waals surface area contributed by atoms with Crippen molar-refractivity contribution < 1.29 is 23.1 Å². The number of hydrogen-bond acceptors (Lipinski definition) is 5. The number of amides is 2. The van der Waals surface area contributed by atoms with Crippen molar-refractivity contribution in [3.63, 3.8) is 0 Å². The van der Waals surface area contributed by atoms with Gasteiger partial charge in [-0.05, 0) is 42.3 Å². The Bertz CT molecular complexity index is 1180. The summed E-state index contributed by atoms with van der Waals surface area (Å²) in [5.41, 5.74) is 2.75. The van der Waals surface area contributed by atoms with E-state index in [2.05, 4.69) is 16.4 Å². The van der Waals surface area contributed by atoms with Gasteiger partial charge < -0.3 is 19.9 Å². The molecule has 0 aliphatic carbocycles. The molecule has 4 rings (SSSR count). The van der Waals surface area contributed by atoms with E-state index in [1.165, 1.54) is 35.6 Å². The number of rotatable bonds is 7. The third-order valence-electron chi connectivity index (χ3n) is 6.16. The maximum Gasteiger partial charge on any atom is 0.414 e. The van der Waals surface area contributed by atoms with E-state index in [1.807, 2.05) is 11.1 Å². The van der Waals surface area contributed by atoms with Crippen LogP contribution in [0.2, 0.25) is 0 Å². The van der Waals surface area contributed by atoms with E-state index in [0.29, 0.717) is 30.0 Å². The standard InChI is InChI=1S/C26H28F2N4O3/c1-17(33)30-15-21-16-32(26(34)35-21)20-4-5-22(23(27)14-20)19-3-6-25(24(28)13-19)31-11-8-18(9-12-31)7-10-29-2/h3-6,8,10,13-14,21H,7,9,11-12,15-16H2,1-2H3,(H,30,33)/t21-/m0/s1. The van der Waals surface area contributed by atoms with Gasteiger partial charge in [-0.1, -0.05) is 17.7 Å². The normalized spacial score (nSPS) is 18.1. The fourth-order valence-electron chi connectivity index (χ4n) is 4.26. The minimum atomic E-state index is -0.608. The molecule has 0 bridgehead atoms. The zero-order valence-electron chi connectivity index (χ0n) is 19.8. The number of carbonyl (C=O) groups is 2. The largest absolute Gasteiger partial charge is 0.442 e. The van der Waals surface area contributed by atoms with E-state index in [4.69, 9.17) is 4.74 Å². The molecule has 0 aromatic heterocycles. The molecule has 35 heavy (non-hydrogen) atoms. The predicted molar refractivity (Wildman–Crippen MR) is 132 cm³/mol. The molecule has 0 radical (unpaired) electrons. The second kappa shape index (κ2) is 10.7. The van der Waals surface area contributed by atoms with Crippen molar-refractivity contribution in [3.8, 4) is 11.1 Å². The SMILES string of the molecule is CN=CCC1=CCN(c2ccc(-c3ccc(N4C[C@H](CNC(C)=O)OC4=O)cc3F)cc2F)CC1. The molecule has 184 valence electrons. The summed E-state index contributed by atoms with van der Waals surface area (Å²) in [4.78, 5) is 30.6. The molecule has 2 heterocycles. The molecule has 7 nitrogen and oxygen atoms in total. The number of benzene rings is 2. The number of cyclic esters (lactones) is 1. The maximum absolute atomic E-state index is 15.0. The van der Waals surface area contributed by atoms with E-state index < -0.39 is 23.8 Å². The van der Waals surface area contributed by atoms with Crippen molar-refractivity contribution in [2.24, 2.45) is 4.99 Å². The quantitative estimate of drug-likeness (QED) is 0.471. The highest BCUT2D eigenvalue weighted by Crippen LogP contribution is 2.32. The van der Waals surface area contributed by atoms with Crippen LogP contribution in [0.4, 0.5) is 25.0 Å². The fraction of sp³-hybridized carbons (Fsp3) is 0.346. The average Bonchev–Trinajstić information content (AvgIpc) is 3.22. The topological polar surface area (TPSA) is 74.2 Å². The number of hydrogen-bond donors (Lipinski definition) is 1. The number of aliphatic imine (C=N–C) groups is 1. The van der Waals surface area contributed by atoms with E-state index in [9.17, 15) is 14.0 Å². The van der Waals surface area contributed by atoms with Gasteiger partial charge in [0.15, 0.2) is 0 Å². The van der Waals surface area contributed by atoms with Crippen LogP contribution in [0.3, 0.4) is 0 Å². The molecule has 2 aromatic rings. The van der Waals surface area contributed by atoms with Gasteiger partial charge in [0.25, 0.3) is 0 Å². The lowest BCUT2D eigenvalue weighted by Gasteiger charge is -2.28. The van der Waals surface area contributed by atoms with Gasteiger partial charge >= 0.3 is 6.09 Å². The van der Waals surface area contributed by atoms with E-state index >= 15 is 4.39 Å². The van der Waals surface area contributed by atoms with Crippen molar-refractivity contribution in [2.45, 2.75) is 25.9 Å². The molecule has 1 fully saturated rings. The number of carbonyl (C=O) groups excluding carboxylic acids is 2. The number of ether oxygens (including phenoxy) is 1.